The summed E-state index contributed by atoms with van der Waals surface area (Å²) in [6, 6.07) is 20.6. The van der Waals surface area contributed by atoms with Gasteiger partial charge in [-0.25, -0.2) is 13.4 Å². The van der Waals surface area contributed by atoms with Gasteiger partial charge < -0.3 is 9.73 Å². The smallest absolute Gasteiger partial charge is 0.255 e. The molecule has 1 aromatic heterocycles. The third-order valence-corrected chi connectivity index (χ3v) is 6.29. The molecule has 4 rings (SSSR count). The van der Waals surface area contributed by atoms with Crippen molar-refractivity contribution in [1.82, 2.24) is 4.98 Å². The second kappa shape index (κ2) is 7.52. The average Bonchev–Trinajstić information content (AvgIpc) is 3.18. The molecule has 1 heterocycles. The standard InChI is InChI=1S/C22H18N2O4S/c1-2-29(26,27)18-13-9-15(10-14-18)21(25)23-17-11-7-16(8-12-17)22-24-19-5-3-4-6-20(19)28-22/h3-14H,2H2,1H3,(H,23,25). The Morgan fingerprint density at radius 3 is 2.31 bits per heavy atom. The second-order valence-corrected chi connectivity index (χ2v) is 8.72. The Labute approximate surface area is 168 Å². The SMILES string of the molecule is CCS(=O)(=O)c1ccc(C(=O)Nc2ccc(-c3nc4ccccc4o3)cc2)cc1. The van der Waals surface area contributed by atoms with Gasteiger partial charge in [0, 0.05) is 16.8 Å². The zero-order valence-corrected chi connectivity index (χ0v) is 16.4. The van der Waals surface area contributed by atoms with Crippen molar-refractivity contribution in [3.05, 3.63) is 78.4 Å². The fourth-order valence-electron chi connectivity index (χ4n) is 2.88. The molecule has 7 heteroatoms. The molecule has 6 nitrogen and oxygen atoms in total. The number of hydrogen-bond acceptors (Lipinski definition) is 5. The number of carbonyl (C=O) groups excluding carboxylic acids is 1. The number of benzene rings is 3. The maximum Gasteiger partial charge on any atom is 0.255 e. The lowest BCUT2D eigenvalue weighted by atomic mass is 10.2. The molecule has 0 aliphatic rings. The maximum atomic E-state index is 12.4. The minimum absolute atomic E-state index is 0.0188. The molecule has 0 aliphatic heterocycles. The highest BCUT2D eigenvalue weighted by Crippen LogP contribution is 2.25. The van der Waals surface area contributed by atoms with Gasteiger partial charge in [0.15, 0.2) is 15.4 Å². The Morgan fingerprint density at radius 2 is 1.66 bits per heavy atom. The number of aromatic nitrogens is 1. The van der Waals surface area contributed by atoms with Gasteiger partial charge in [-0.05, 0) is 60.7 Å². The van der Waals surface area contributed by atoms with Crippen LogP contribution in [-0.4, -0.2) is 25.1 Å². The Bertz CT molecular complexity index is 1240. The van der Waals surface area contributed by atoms with Crippen LogP contribution < -0.4 is 5.32 Å². The van der Waals surface area contributed by atoms with E-state index in [1.165, 1.54) is 24.3 Å². The molecular weight excluding hydrogens is 388 g/mol. The number of anilines is 1. The van der Waals surface area contributed by atoms with Crippen LogP contribution in [0.15, 0.2) is 82.1 Å². The molecule has 0 radical (unpaired) electrons. The van der Waals surface area contributed by atoms with Crippen molar-refractivity contribution in [2.24, 2.45) is 0 Å². The molecule has 1 N–H and O–H groups in total. The van der Waals surface area contributed by atoms with E-state index in [9.17, 15) is 13.2 Å². The van der Waals surface area contributed by atoms with Gasteiger partial charge in [-0.3, -0.25) is 4.79 Å². The first-order valence-electron chi connectivity index (χ1n) is 9.06. The van der Waals surface area contributed by atoms with E-state index in [0.717, 1.165) is 11.1 Å². The minimum Gasteiger partial charge on any atom is -0.436 e. The van der Waals surface area contributed by atoms with Gasteiger partial charge in [-0.15, -0.1) is 0 Å². The molecule has 4 aromatic rings. The summed E-state index contributed by atoms with van der Waals surface area (Å²) in [7, 11) is -3.29. The van der Waals surface area contributed by atoms with Crippen LogP contribution >= 0.6 is 0 Å². The number of sulfone groups is 1. The van der Waals surface area contributed by atoms with Crippen molar-refractivity contribution < 1.29 is 17.6 Å². The predicted molar refractivity (Wildman–Crippen MR) is 112 cm³/mol. The summed E-state index contributed by atoms with van der Waals surface area (Å²) in [6.07, 6.45) is 0. The number of nitrogens with one attached hydrogen (secondary N) is 1. The van der Waals surface area contributed by atoms with Crippen LogP contribution in [0, 0.1) is 0 Å². The topological polar surface area (TPSA) is 89.3 Å². The number of hydrogen-bond donors (Lipinski definition) is 1. The number of rotatable bonds is 5. The molecule has 0 unspecified atom stereocenters. The molecular formula is C22H18N2O4S. The number of para-hydroxylation sites is 2. The molecule has 146 valence electrons. The van der Waals surface area contributed by atoms with E-state index in [2.05, 4.69) is 10.3 Å². The molecule has 29 heavy (non-hydrogen) atoms. The quantitative estimate of drug-likeness (QED) is 0.525. The Balaban J connectivity index is 1.49. The summed E-state index contributed by atoms with van der Waals surface area (Å²) in [4.78, 5) is 17.1. The summed E-state index contributed by atoms with van der Waals surface area (Å²) in [5.41, 5.74) is 3.29. The number of carbonyl (C=O) groups is 1. The minimum atomic E-state index is -3.29. The zero-order chi connectivity index (χ0) is 20.4. The van der Waals surface area contributed by atoms with E-state index in [1.807, 2.05) is 36.4 Å². The zero-order valence-electron chi connectivity index (χ0n) is 15.6. The van der Waals surface area contributed by atoms with E-state index in [4.69, 9.17) is 4.42 Å². The van der Waals surface area contributed by atoms with Gasteiger partial charge in [0.05, 0.1) is 10.6 Å². The first-order valence-corrected chi connectivity index (χ1v) is 10.7. The Hall–Kier alpha value is -3.45. The molecule has 0 fully saturated rings. The monoisotopic (exact) mass is 406 g/mol. The molecule has 0 saturated heterocycles. The van der Waals surface area contributed by atoms with E-state index in [-0.39, 0.29) is 16.6 Å². The predicted octanol–water partition coefficient (Wildman–Crippen LogP) is 4.54. The largest absolute Gasteiger partial charge is 0.436 e. The normalized spacial score (nSPS) is 11.5. The number of nitrogens with zero attached hydrogens (tertiary/aromatic N) is 1. The molecule has 1 amide bonds. The van der Waals surface area contributed by atoms with Gasteiger partial charge in [0.25, 0.3) is 5.91 Å². The first-order chi connectivity index (χ1) is 14.0. The van der Waals surface area contributed by atoms with Crippen LogP contribution in [0.4, 0.5) is 5.69 Å². The highest BCUT2D eigenvalue weighted by Gasteiger charge is 2.13. The number of fused-ring (bicyclic) bond motifs is 1. The summed E-state index contributed by atoms with van der Waals surface area (Å²) < 4.78 is 29.5. The van der Waals surface area contributed by atoms with Crippen LogP contribution in [0.25, 0.3) is 22.6 Å². The van der Waals surface area contributed by atoms with Gasteiger partial charge in [-0.1, -0.05) is 19.1 Å². The lowest BCUT2D eigenvalue weighted by Crippen LogP contribution is -2.12. The summed E-state index contributed by atoms with van der Waals surface area (Å²) in [5.74, 6) is 0.210. The van der Waals surface area contributed by atoms with E-state index in [0.29, 0.717) is 22.7 Å². The van der Waals surface area contributed by atoms with E-state index < -0.39 is 9.84 Å². The summed E-state index contributed by atoms with van der Waals surface area (Å²) in [6.45, 7) is 1.58. The lowest BCUT2D eigenvalue weighted by molar-refractivity contribution is 0.102. The Morgan fingerprint density at radius 1 is 0.966 bits per heavy atom. The van der Waals surface area contributed by atoms with Crippen LogP contribution in [0.2, 0.25) is 0 Å². The number of amides is 1. The van der Waals surface area contributed by atoms with Crippen LogP contribution in [0.5, 0.6) is 0 Å². The first kappa shape index (κ1) is 18.9. The third-order valence-electron chi connectivity index (χ3n) is 4.54. The van der Waals surface area contributed by atoms with Gasteiger partial charge in [-0.2, -0.15) is 0 Å². The van der Waals surface area contributed by atoms with Crippen LogP contribution in [0.1, 0.15) is 17.3 Å². The highest BCUT2D eigenvalue weighted by atomic mass is 32.2. The molecule has 0 aliphatic carbocycles. The summed E-state index contributed by atoms with van der Waals surface area (Å²) >= 11 is 0. The Kier molecular flexibility index (Phi) is 4.90. The molecule has 0 saturated carbocycles. The van der Waals surface area contributed by atoms with Gasteiger partial charge >= 0.3 is 0 Å². The second-order valence-electron chi connectivity index (χ2n) is 6.45. The van der Waals surface area contributed by atoms with Crippen molar-refractivity contribution in [2.75, 3.05) is 11.1 Å². The van der Waals surface area contributed by atoms with Crippen LogP contribution in [-0.2, 0) is 9.84 Å². The van der Waals surface area contributed by atoms with Crippen molar-refractivity contribution in [3.8, 4) is 11.5 Å². The van der Waals surface area contributed by atoms with Crippen molar-refractivity contribution >= 4 is 32.5 Å². The van der Waals surface area contributed by atoms with Crippen molar-refractivity contribution in [3.63, 3.8) is 0 Å². The molecule has 3 aromatic carbocycles. The third kappa shape index (κ3) is 3.90. The lowest BCUT2D eigenvalue weighted by Gasteiger charge is -2.07. The fourth-order valence-corrected chi connectivity index (χ4v) is 3.76. The van der Waals surface area contributed by atoms with Crippen molar-refractivity contribution in [2.45, 2.75) is 11.8 Å². The van der Waals surface area contributed by atoms with Crippen LogP contribution in [0.3, 0.4) is 0 Å². The van der Waals surface area contributed by atoms with Gasteiger partial charge in [0.1, 0.15) is 5.52 Å². The molecule has 0 spiro atoms. The average molecular weight is 406 g/mol. The fraction of sp³-hybridized carbons (Fsp3) is 0.0909. The van der Waals surface area contributed by atoms with E-state index >= 15 is 0 Å². The number of oxazole rings is 1. The maximum absolute atomic E-state index is 12.4. The van der Waals surface area contributed by atoms with Gasteiger partial charge in [0.2, 0.25) is 5.89 Å². The molecule has 0 atom stereocenters. The highest BCUT2D eigenvalue weighted by molar-refractivity contribution is 7.91. The van der Waals surface area contributed by atoms with Crippen molar-refractivity contribution in [1.29, 1.82) is 0 Å². The molecule has 0 bridgehead atoms. The summed E-state index contributed by atoms with van der Waals surface area (Å²) in [5, 5.41) is 2.80. The van der Waals surface area contributed by atoms with E-state index in [1.54, 1.807) is 19.1 Å².